The summed E-state index contributed by atoms with van der Waals surface area (Å²) in [7, 11) is 0. The number of aromatic nitrogens is 1. The molecule has 232 valence electrons. The van der Waals surface area contributed by atoms with E-state index in [1.54, 1.807) is 41.6 Å². The van der Waals surface area contributed by atoms with Gasteiger partial charge in [0.05, 0.1) is 0 Å². The summed E-state index contributed by atoms with van der Waals surface area (Å²) >= 11 is 0. The minimum Gasteiger partial charge on any atom is -0.339 e. The third-order valence-corrected chi connectivity index (χ3v) is 7.39. The van der Waals surface area contributed by atoms with E-state index in [1.165, 1.54) is 0 Å². The molecule has 0 bridgehead atoms. The van der Waals surface area contributed by atoms with Crippen molar-refractivity contribution in [3.8, 4) is 0 Å². The minimum atomic E-state index is -0.0411. The molecule has 1 fully saturated rings. The summed E-state index contributed by atoms with van der Waals surface area (Å²) in [6.45, 7) is 4.32. The van der Waals surface area contributed by atoms with Crippen molar-refractivity contribution in [1.29, 1.82) is 0 Å². The Morgan fingerprint density at radius 2 is 1.27 bits per heavy atom. The number of Topliss-reactive ketones (excluding diaryl/α,β-unsaturated/α-hetero) is 1. The summed E-state index contributed by atoms with van der Waals surface area (Å²) in [5.41, 5.74) is 2.03. The maximum atomic E-state index is 13.0. The van der Waals surface area contributed by atoms with Crippen molar-refractivity contribution >= 4 is 17.6 Å². The Labute approximate surface area is 263 Å². The van der Waals surface area contributed by atoms with Gasteiger partial charge in [-0.25, -0.2) is 0 Å². The number of carbonyl (C=O) groups is 3. The molecule has 3 rings (SSSR count). The standard InChI is InChI=1S/C38H47N3O3/c1-2-3-4-5-6-7-8-9-10-11-12-13-14-15-16-17-18-21-37(43)40-27-29-41(30-28-40)38(44)34-24-22-33(23-25-34)31-36(42)35-20-19-26-39-32-35/h3-4,6-7,9-10,12-13,15-16,19-20,22-26,32H,2,5,8,11,14,17-18,21,27-31H2,1H3/b4-3-,7-6-,10-9-,13-12-,16-15-. The minimum absolute atomic E-state index is 0.00387. The average molecular weight is 594 g/mol. The predicted octanol–water partition coefficient (Wildman–Crippen LogP) is 7.71. The van der Waals surface area contributed by atoms with Gasteiger partial charge >= 0.3 is 0 Å². The number of pyridine rings is 1. The van der Waals surface area contributed by atoms with Crippen LogP contribution in [0.2, 0.25) is 0 Å². The van der Waals surface area contributed by atoms with E-state index in [2.05, 4.69) is 72.7 Å². The Morgan fingerprint density at radius 3 is 1.84 bits per heavy atom. The van der Waals surface area contributed by atoms with E-state index < -0.39 is 0 Å². The van der Waals surface area contributed by atoms with E-state index in [1.807, 2.05) is 17.0 Å². The molecule has 1 aliphatic rings. The number of benzene rings is 1. The molecule has 2 amide bonds. The quantitative estimate of drug-likeness (QED) is 0.107. The number of hydrogen-bond acceptors (Lipinski definition) is 4. The molecule has 0 spiro atoms. The molecule has 1 saturated heterocycles. The third-order valence-electron chi connectivity index (χ3n) is 7.39. The van der Waals surface area contributed by atoms with Gasteiger partial charge in [-0.15, -0.1) is 0 Å². The number of rotatable bonds is 17. The lowest BCUT2D eigenvalue weighted by Crippen LogP contribution is -2.50. The highest BCUT2D eigenvalue weighted by atomic mass is 16.2. The Kier molecular flexibility index (Phi) is 16.0. The number of allylic oxidation sites excluding steroid dienone is 10. The van der Waals surface area contributed by atoms with Crippen LogP contribution < -0.4 is 0 Å². The van der Waals surface area contributed by atoms with Crippen molar-refractivity contribution in [1.82, 2.24) is 14.8 Å². The molecule has 0 N–H and O–H groups in total. The molecule has 1 aliphatic heterocycles. The summed E-state index contributed by atoms with van der Waals surface area (Å²) in [4.78, 5) is 45.8. The average Bonchev–Trinajstić information content (AvgIpc) is 3.06. The molecule has 1 aromatic carbocycles. The molecule has 6 nitrogen and oxygen atoms in total. The van der Waals surface area contributed by atoms with Crippen molar-refractivity contribution in [2.24, 2.45) is 0 Å². The number of hydrogen-bond donors (Lipinski definition) is 0. The zero-order valence-corrected chi connectivity index (χ0v) is 26.2. The van der Waals surface area contributed by atoms with Gasteiger partial charge in [-0.3, -0.25) is 19.4 Å². The maximum absolute atomic E-state index is 13.0. The molecule has 0 saturated carbocycles. The first-order valence-corrected chi connectivity index (χ1v) is 15.9. The predicted molar refractivity (Wildman–Crippen MR) is 180 cm³/mol. The lowest BCUT2D eigenvalue weighted by molar-refractivity contribution is -0.132. The number of ketones is 1. The molecule has 0 radical (unpaired) electrons. The van der Waals surface area contributed by atoms with E-state index in [0.29, 0.717) is 43.7 Å². The second-order valence-electron chi connectivity index (χ2n) is 10.8. The van der Waals surface area contributed by atoms with Crippen LogP contribution in [0.5, 0.6) is 0 Å². The first-order valence-electron chi connectivity index (χ1n) is 15.9. The first-order chi connectivity index (χ1) is 21.6. The topological polar surface area (TPSA) is 70.6 Å². The number of carbonyl (C=O) groups excluding carboxylic acids is 3. The first kappa shape index (κ1) is 34.2. The van der Waals surface area contributed by atoms with Crippen LogP contribution in [0.4, 0.5) is 0 Å². The van der Waals surface area contributed by atoms with Gasteiger partial charge in [0.1, 0.15) is 0 Å². The zero-order chi connectivity index (χ0) is 31.2. The Balaban J connectivity index is 1.25. The summed E-state index contributed by atoms with van der Waals surface area (Å²) in [6, 6.07) is 10.7. The van der Waals surface area contributed by atoms with Gasteiger partial charge in [0.15, 0.2) is 5.78 Å². The number of nitrogens with zero attached hydrogens (tertiary/aromatic N) is 3. The fourth-order valence-electron chi connectivity index (χ4n) is 4.82. The molecule has 0 atom stereocenters. The van der Waals surface area contributed by atoms with Crippen LogP contribution in [0, 0.1) is 0 Å². The summed E-state index contributed by atoms with van der Waals surface area (Å²) < 4.78 is 0. The monoisotopic (exact) mass is 593 g/mol. The molecule has 6 heteroatoms. The van der Waals surface area contributed by atoms with Gasteiger partial charge in [0, 0.05) is 62.5 Å². The van der Waals surface area contributed by atoms with Crippen molar-refractivity contribution < 1.29 is 14.4 Å². The zero-order valence-electron chi connectivity index (χ0n) is 26.2. The highest BCUT2D eigenvalue weighted by molar-refractivity contribution is 5.97. The van der Waals surface area contributed by atoms with Crippen LogP contribution in [-0.2, 0) is 11.2 Å². The lowest BCUT2D eigenvalue weighted by Gasteiger charge is -2.35. The van der Waals surface area contributed by atoms with Crippen molar-refractivity contribution in [3.05, 3.63) is 126 Å². The normalized spacial score (nSPS) is 14.2. The third kappa shape index (κ3) is 12.9. The second-order valence-corrected chi connectivity index (χ2v) is 10.8. The van der Waals surface area contributed by atoms with E-state index in [4.69, 9.17) is 0 Å². The van der Waals surface area contributed by atoms with Crippen LogP contribution >= 0.6 is 0 Å². The number of amides is 2. The number of unbranched alkanes of at least 4 members (excludes halogenated alkanes) is 1. The van der Waals surface area contributed by atoms with Gasteiger partial charge < -0.3 is 9.80 Å². The Morgan fingerprint density at radius 1 is 0.705 bits per heavy atom. The van der Waals surface area contributed by atoms with Crippen molar-refractivity contribution in [2.75, 3.05) is 26.2 Å². The molecule has 2 heterocycles. The van der Waals surface area contributed by atoms with Gasteiger partial charge in [-0.2, -0.15) is 0 Å². The second kappa shape index (κ2) is 20.6. The Hall–Kier alpha value is -4.32. The summed E-state index contributed by atoms with van der Waals surface area (Å²) in [5, 5.41) is 0. The summed E-state index contributed by atoms with van der Waals surface area (Å²) in [5.74, 6) is 0.114. The lowest BCUT2D eigenvalue weighted by atomic mass is 10.0. The highest BCUT2D eigenvalue weighted by Gasteiger charge is 2.24. The molecule has 0 aliphatic carbocycles. The molecule has 44 heavy (non-hydrogen) atoms. The maximum Gasteiger partial charge on any atom is 0.253 e. The molecule has 0 unspecified atom stereocenters. The fraction of sp³-hybridized carbons (Fsp3) is 0.368. The number of piperazine rings is 1. The molecule has 1 aromatic heterocycles. The Bertz CT molecular complexity index is 1300. The van der Waals surface area contributed by atoms with Crippen molar-refractivity contribution in [3.63, 3.8) is 0 Å². The van der Waals surface area contributed by atoms with E-state index in [0.717, 1.165) is 50.5 Å². The smallest absolute Gasteiger partial charge is 0.253 e. The highest BCUT2D eigenvalue weighted by Crippen LogP contribution is 2.14. The summed E-state index contributed by atoms with van der Waals surface area (Å²) in [6.07, 6.45) is 32.5. The van der Waals surface area contributed by atoms with Crippen LogP contribution in [0.1, 0.15) is 84.6 Å². The van der Waals surface area contributed by atoms with E-state index >= 15 is 0 Å². The molecular formula is C38H47N3O3. The van der Waals surface area contributed by atoms with Crippen molar-refractivity contribution in [2.45, 2.75) is 64.7 Å². The largest absolute Gasteiger partial charge is 0.339 e. The fourth-order valence-corrected chi connectivity index (χ4v) is 4.82. The van der Waals surface area contributed by atoms with Gasteiger partial charge in [-0.05, 0) is 74.8 Å². The van der Waals surface area contributed by atoms with Gasteiger partial charge in [0.25, 0.3) is 5.91 Å². The van der Waals surface area contributed by atoms with E-state index in [-0.39, 0.29) is 24.0 Å². The SMILES string of the molecule is CC/C=C\C/C=C\C/C=C\C/C=C\C/C=C\CCCC(=O)N1CCN(C(=O)c2ccc(CC(=O)c3cccnc3)cc2)CC1. The van der Waals surface area contributed by atoms with Gasteiger partial charge in [-0.1, -0.05) is 79.8 Å². The van der Waals surface area contributed by atoms with Gasteiger partial charge in [0.2, 0.25) is 5.91 Å². The van der Waals surface area contributed by atoms with Crippen LogP contribution in [0.15, 0.2) is 110 Å². The van der Waals surface area contributed by atoms with Crippen LogP contribution in [0.25, 0.3) is 0 Å². The molecule has 2 aromatic rings. The molecular weight excluding hydrogens is 546 g/mol. The van der Waals surface area contributed by atoms with Crippen LogP contribution in [0.3, 0.4) is 0 Å². The van der Waals surface area contributed by atoms with E-state index in [9.17, 15) is 14.4 Å². The van der Waals surface area contributed by atoms with Crippen LogP contribution in [-0.4, -0.2) is 58.6 Å².